The third-order valence-electron chi connectivity index (χ3n) is 2.61. The van der Waals surface area contributed by atoms with E-state index < -0.39 is 0 Å². The van der Waals surface area contributed by atoms with Crippen molar-refractivity contribution in [2.24, 2.45) is 0 Å². The van der Waals surface area contributed by atoms with E-state index in [4.69, 9.17) is 0 Å². The number of ketones is 1. The second-order valence-corrected chi connectivity index (χ2v) is 3.98. The number of carbonyl (C=O) groups is 1. The minimum atomic E-state index is 0.0911. The van der Waals surface area contributed by atoms with Gasteiger partial charge in [-0.3, -0.25) is 4.79 Å². The summed E-state index contributed by atoms with van der Waals surface area (Å²) in [6, 6.07) is 17.7. The van der Waals surface area contributed by atoms with Crippen LogP contribution >= 0.6 is 0 Å². The van der Waals surface area contributed by atoms with Crippen LogP contribution in [0.25, 0.3) is 0 Å². The lowest BCUT2D eigenvalue weighted by molar-refractivity contribution is 0.101. The Morgan fingerprint density at radius 1 is 1.06 bits per heavy atom. The van der Waals surface area contributed by atoms with Gasteiger partial charge in [0.2, 0.25) is 0 Å². The van der Waals surface area contributed by atoms with Crippen molar-refractivity contribution in [3.63, 3.8) is 0 Å². The molecule has 2 heteroatoms. The molecular formula is C15H15NO. The highest BCUT2D eigenvalue weighted by atomic mass is 16.1. The SMILES string of the molecule is CC(=O)c1cccc(NCc2ccccc2)c1. The summed E-state index contributed by atoms with van der Waals surface area (Å²) in [5.74, 6) is 0.0911. The molecule has 0 spiro atoms. The molecular weight excluding hydrogens is 210 g/mol. The molecule has 0 saturated heterocycles. The Morgan fingerprint density at radius 3 is 2.53 bits per heavy atom. The quantitative estimate of drug-likeness (QED) is 0.807. The smallest absolute Gasteiger partial charge is 0.159 e. The lowest BCUT2D eigenvalue weighted by Crippen LogP contribution is -2.00. The third kappa shape index (κ3) is 3.18. The van der Waals surface area contributed by atoms with Crippen LogP contribution in [0.15, 0.2) is 54.6 Å². The van der Waals surface area contributed by atoms with Gasteiger partial charge in [0.05, 0.1) is 0 Å². The molecule has 1 N–H and O–H groups in total. The van der Waals surface area contributed by atoms with E-state index in [0.29, 0.717) is 0 Å². The number of hydrogen-bond donors (Lipinski definition) is 1. The van der Waals surface area contributed by atoms with E-state index in [-0.39, 0.29) is 5.78 Å². The van der Waals surface area contributed by atoms with Crippen molar-refractivity contribution in [2.45, 2.75) is 13.5 Å². The van der Waals surface area contributed by atoms with Crippen molar-refractivity contribution >= 4 is 11.5 Å². The summed E-state index contributed by atoms with van der Waals surface area (Å²) < 4.78 is 0. The first-order valence-corrected chi connectivity index (χ1v) is 5.64. The number of carbonyl (C=O) groups excluding carboxylic acids is 1. The summed E-state index contributed by atoms with van der Waals surface area (Å²) in [6.07, 6.45) is 0. The van der Waals surface area contributed by atoms with Crippen LogP contribution in [-0.2, 0) is 6.54 Å². The fourth-order valence-corrected chi connectivity index (χ4v) is 1.65. The number of hydrogen-bond acceptors (Lipinski definition) is 2. The van der Waals surface area contributed by atoms with E-state index in [1.165, 1.54) is 5.56 Å². The van der Waals surface area contributed by atoms with Gasteiger partial charge < -0.3 is 5.32 Å². The highest BCUT2D eigenvalue weighted by Crippen LogP contribution is 2.12. The Bertz CT molecular complexity index is 505. The lowest BCUT2D eigenvalue weighted by atomic mass is 10.1. The fourth-order valence-electron chi connectivity index (χ4n) is 1.65. The molecule has 0 aliphatic heterocycles. The maximum atomic E-state index is 11.2. The molecule has 0 radical (unpaired) electrons. The number of benzene rings is 2. The van der Waals surface area contributed by atoms with Crippen molar-refractivity contribution in [1.82, 2.24) is 0 Å². The monoisotopic (exact) mass is 225 g/mol. The standard InChI is InChI=1S/C15H15NO/c1-12(17)14-8-5-9-15(10-14)16-11-13-6-3-2-4-7-13/h2-10,16H,11H2,1H3. The summed E-state index contributed by atoms with van der Waals surface area (Å²) in [4.78, 5) is 11.2. The van der Waals surface area contributed by atoms with Gasteiger partial charge in [0.1, 0.15) is 0 Å². The van der Waals surface area contributed by atoms with Gasteiger partial charge in [-0.1, -0.05) is 42.5 Å². The first-order valence-electron chi connectivity index (χ1n) is 5.64. The Balaban J connectivity index is 2.04. The van der Waals surface area contributed by atoms with E-state index in [0.717, 1.165) is 17.8 Å². The van der Waals surface area contributed by atoms with Crippen molar-refractivity contribution in [3.8, 4) is 0 Å². The zero-order valence-electron chi connectivity index (χ0n) is 9.81. The van der Waals surface area contributed by atoms with E-state index in [2.05, 4.69) is 17.4 Å². The van der Waals surface area contributed by atoms with Crippen LogP contribution in [0.5, 0.6) is 0 Å². The maximum Gasteiger partial charge on any atom is 0.159 e. The Hall–Kier alpha value is -2.09. The van der Waals surface area contributed by atoms with Gasteiger partial charge in [0.15, 0.2) is 5.78 Å². The summed E-state index contributed by atoms with van der Waals surface area (Å²) >= 11 is 0. The largest absolute Gasteiger partial charge is 0.381 e. The molecule has 86 valence electrons. The average Bonchev–Trinajstić information content (AvgIpc) is 2.38. The van der Waals surface area contributed by atoms with E-state index >= 15 is 0 Å². The van der Waals surface area contributed by atoms with Crippen molar-refractivity contribution in [2.75, 3.05) is 5.32 Å². The summed E-state index contributed by atoms with van der Waals surface area (Å²) in [5.41, 5.74) is 2.94. The molecule has 2 aromatic carbocycles. The first kappa shape index (κ1) is 11.4. The minimum absolute atomic E-state index is 0.0911. The molecule has 0 aromatic heterocycles. The molecule has 0 saturated carbocycles. The van der Waals surface area contributed by atoms with Gasteiger partial charge in [0, 0.05) is 17.8 Å². The zero-order chi connectivity index (χ0) is 12.1. The molecule has 0 bridgehead atoms. The summed E-state index contributed by atoms with van der Waals surface area (Å²) in [5, 5.41) is 3.30. The Labute approximate surface area is 101 Å². The number of rotatable bonds is 4. The highest BCUT2D eigenvalue weighted by molar-refractivity contribution is 5.94. The molecule has 17 heavy (non-hydrogen) atoms. The van der Waals surface area contributed by atoms with Gasteiger partial charge >= 0.3 is 0 Å². The van der Waals surface area contributed by atoms with Crippen LogP contribution in [0.4, 0.5) is 5.69 Å². The molecule has 0 fully saturated rings. The molecule has 0 aliphatic rings. The topological polar surface area (TPSA) is 29.1 Å². The maximum absolute atomic E-state index is 11.2. The van der Waals surface area contributed by atoms with Gasteiger partial charge in [0.25, 0.3) is 0 Å². The molecule has 2 rings (SSSR count). The first-order chi connectivity index (χ1) is 8.25. The zero-order valence-corrected chi connectivity index (χ0v) is 9.81. The van der Waals surface area contributed by atoms with Crippen LogP contribution < -0.4 is 5.32 Å². The second kappa shape index (κ2) is 5.30. The van der Waals surface area contributed by atoms with Gasteiger partial charge in [-0.25, -0.2) is 0 Å². The molecule has 2 nitrogen and oxygen atoms in total. The Kier molecular flexibility index (Phi) is 3.55. The van der Waals surface area contributed by atoms with Crippen LogP contribution in [0, 0.1) is 0 Å². The third-order valence-corrected chi connectivity index (χ3v) is 2.61. The number of Topliss-reactive ketones (excluding diaryl/α,β-unsaturated/α-hetero) is 1. The van der Waals surface area contributed by atoms with E-state index in [9.17, 15) is 4.79 Å². The van der Waals surface area contributed by atoms with Crippen LogP contribution in [-0.4, -0.2) is 5.78 Å². The van der Waals surface area contributed by atoms with Crippen molar-refractivity contribution in [3.05, 3.63) is 65.7 Å². The van der Waals surface area contributed by atoms with Crippen LogP contribution in [0.2, 0.25) is 0 Å². The summed E-state index contributed by atoms with van der Waals surface area (Å²) in [7, 11) is 0. The molecule has 0 heterocycles. The van der Waals surface area contributed by atoms with Crippen molar-refractivity contribution in [1.29, 1.82) is 0 Å². The molecule has 2 aromatic rings. The fraction of sp³-hybridized carbons (Fsp3) is 0.133. The number of nitrogens with one attached hydrogen (secondary N) is 1. The predicted molar refractivity (Wildman–Crippen MR) is 70.2 cm³/mol. The highest BCUT2D eigenvalue weighted by Gasteiger charge is 1.99. The van der Waals surface area contributed by atoms with Crippen LogP contribution in [0.1, 0.15) is 22.8 Å². The van der Waals surface area contributed by atoms with E-state index in [1.54, 1.807) is 6.92 Å². The number of anilines is 1. The molecule has 0 atom stereocenters. The summed E-state index contributed by atoms with van der Waals surface area (Å²) in [6.45, 7) is 2.35. The van der Waals surface area contributed by atoms with Crippen LogP contribution in [0.3, 0.4) is 0 Å². The Morgan fingerprint density at radius 2 is 1.82 bits per heavy atom. The van der Waals surface area contributed by atoms with Crippen molar-refractivity contribution < 1.29 is 4.79 Å². The predicted octanol–water partition coefficient (Wildman–Crippen LogP) is 3.50. The molecule has 0 amide bonds. The second-order valence-electron chi connectivity index (χ2n) is 3.98. The lowest BCUT2D eigenvalue weighted by Gasteiger charge is -2.07. The average molecular weight is 225 g/mol. The minimum Gasteiger partial charge on any atom is -0.381 e. The molecule has 0 unspecified atom stereocenters. The van der Waals surface area contributed by atoms with Gasteiger partial charge in [-0.2, -0.15) is 0 Å². The normalized spacial score (nSPS) is 9.94. The van der Waals surface area contributed by atoms with E-state index in [1.807, 2.05) is 42.5 Å². The molecule has 0 aliphatic carbocycles. The van der Waals surface area contributed by atoms with Gasteiger partial charge in [-0.05, 0) is 24.6 Å². The van der Waals surface area contributed by atoms with Gasteiger partial charge in [-0.15, -0.1) is 0 Å².